The number of ether oxygens (including phenoxy) is 1. The molecule has 19 heavy (non-hydrogen) atoms. The predicted octanol–water partition coefficient (Wildman–Crippen LogP) is 2.34. The molecule has 1 fully saturated rings. The molecule has 1 unspecified atom stereocenters. The number of rotatable bonds is 8. The second-order valence-corrected chi connectivity index (χ2v) is 8.16. The van der Waals surface area contributed by atoms with Gasteiger partial charge in [-0.2, -0.15) is 0 Å². The van der Waals surface area contributed by atoms with Gasteiger partial charge in [0, 0.05) is 19.8 Å². The number of nitrogens with zero attached hydrogens (tertiary/aromatic N) is 1. The Balaban J connectivity index is 3.11. The van der Waals surface area contributed by atoms with Gasteiger partial charge in [0.25, 0.3) is 0 Å². The smallest absolute Gasteiger partial charge is 0.373 e. The maximum Gasteiger partial charge on any atom is 0.373 e. The van der Waals surface area contributed by atoms with Gasteiger partial charge in [-0.25, -0.2) is 9.79 Å². The van der Waals surface area contributed by atoms with Crippen LogP contribution >= 0.6 is 0 Å². The highest BCUT2D eigenvalue weighted by molar-refractivity contribution is 6.71. The minimum Gasteiger partial charge on any atom is -0.393 e. The highest BCUT2D eigenvalue weighted by Crippen LogP contribution is 2.41. The quantitative estimate of drug-likeness (QED) is 0.390. The average molecular weight is 287 g/mol. The van der Waals surface area contributed by atoms with Crippen molar-refractivity contribution in [2.45, 2.75) is 51.3 Å². The van der Waals surface area contributed by atoms with Crippen LogP contribution in [0.1, 0.15) is 40.0 Å². The molecule has 1 rings (SSSR count). The largest absolute Gasteiger partial charge is 0.393 e. The molecule has 0 aromatic carbocycles. The molecule has 0 aromatic heterocycles. The fourth-order valence-corrected chi connectivity index (χ4v) is 7.21. The Hall–Kier alpha value is -0.523. The Morgan fingerprint density at radius 1 is 1.16 bits per heavy atom. The molecule has 0 aliphatic carbocycles. The van der Waals surface area contributed by atoms with Gasteiger partial charge in [-0.1, -0.05) is 12.8 Å². The highest BCUT2D eigenvalue weighted by Gasteiger charge is 2.60. The van der Waals surface area contributed by atoms with E-state index in [0.717, 1.165) is 25.3 Å². The van der Waals surface area contributed by atoms with E-state index >= 15 is 0 Å². The molecule has 1 heterocycles. The van der Waals surface area contributed by atoms with E-state index in [0.29, 0.717) is 26.4 Å². The Bertz CT molecular complexity index is 304. The van der Waals surface area contributed by atoms with Crippen molar-refractivity contribution in [3.05, 3.63) is 0 Å². The molecule has 1 atom stereocenters. The SMILES string of the molecule is CCOC1(CN=C=O)CCCC[Si]1(OCC)OCC. The van der Waals surface area contributed by atoms with E-state index in [1.807, 2.05) is 20.8 Å². The molecule has 0 N–H and O–H groups in total. The van der Waals surface area contributed by atoms with Gasteiger partial charge in [0.2, 0.25) is 6.08 Å². The summed E-state index contributed by atoms with van der Waals surface area (Å²) in [7, 11) is -2.52. The van der Waals surface area contributed by atoms with E-state index in [1.54, 1.807) is 6.08 Å². The van der Waals surface area contributed by atoms with Crippen molar-refractivity contribution in [1.29, 1.82) is 0 Å². The van der Waals surface area contributed by atoms with Crippen LogP contribution in [0.3, 0.4) is 0 Å². The fraction of sp³-hybridized carbons (Fsp3) is 0.923. The molecule has 0 radical (unpaired) electrons. The Labute approximate surface area is 116 Å². The van der Waals surface area contributed by atoms with Crippen LogP contribution in [0.4, 0.5) is 0 Å². The summed E-state index contributed by atoms with van der Waals surface area (Å²) in [5.74, 6) is 0. The molecular weight excluding hydrogens is 262 g/mol. The van der Waals surface area contributed by atoms with Gasteiger partial charge < -0.3 is 13.6 Å². The molecule has 1 aliphatic heterocycles. The topological polar surface area (TPSA) is 57.1 Å². The Kier molecular flexibility index (Phi) is 6.89. The van der Waals surface area contributed by atoms with E-state index in [1.165, 1.54) is 0 Å². The van der Waals surface area contributed by atoms with E-state index in [-0.39, 0.29) is 0 Å². The summed E-state index contributed by atoms with van der Waals surface area (Å²) in [4.78, 5) is 14.3. The molecule has 0 bridgehead atoms. The third-order valence-electron chi connectivity index (χ3n) is 3.61. The molecule has 5 nitrogen and oxygen atoms in total. The third-order valence-corrected chi connectivity index (χ3v) is 8.07. The first-order valence-electron chi connectivity index (χ1n) is 7.15. The second-order valence-electron chi connectivity index (χ2n) is 4.66. The standard InChI is InChI=1S/C13H25NO4Si/c1-4-16-13(11-14-12-15)9-7-8-10-19(13,17-5-2)18-6-3/h4-11H2,1-3H3. The number of carbonyl (C=O) groups excluding carboxylic acids is 1. The van der Waals surface area contributed by atoms with Crippen LogP contribution in [0.25, 0.3) is 0 Å². The monoisotopic (exact) mass is 287 g/mol. The lowest BCUT2D eigenvalue weighted by atomic mass is 10.1. The summed E-state index contributed by atoms with van der Waals surface area (Å²) in [6.45, 7) is 7.99. The Morgan fingerprint density at radius 2 is 1.84 bits per heavy atom. The van der Waals surface area contributed by atoms with Crippen molar-refractivity contribution in [2.75, 3.05) is 26.4 Å². The van der Waals surface area contributed by atoms with Crippen LogP contribution < -0.4 is 0 Å². The van der Waals surface area contributed by atoms with Crippen molar-refractivity contribution in [3.8, 4) is 0 Å². The minimum absolute atomic E-state index is 0.302. The van der Waals surface area contributed by atoms with Gasteiger partial charge >= 0.3 is 8.56 Å². The molecule has 0 spiro atoms. The lowest BCUT2D eigenvalue weighted by molar-refractivity contribution is -0.0341. The first-order chi connectivity index (χ1) is 9.20. The third kappa shape index (κ3) is 3.52. The molecule has 0 saturated carbocycles. The van der Waals surface area contributed by atoms with Crippen LogP contribution in [0.2, 0.25) is 6.04 Å². The molecule has 1 saturated heterocycles. The van der Waals surface area contributed by atoms with E-state index in [9.17, 15) is 4.79 Å². The van der Waals surface area contributed by atoms with Crippen molar-refractivity contribution in [3.63, 3.8) is 0 Å². The van der Waals surface area contributed by atoms with Crippen molar-refractivity contribution >= 4 is 14.6 Å². The maximum absolute atomic E-state index is 10.5. The van der Waals surface area contributed by atoms with Gasteiger partial charge in [0.15, 0.2) is 0 Å². The summed E-state index contributed by atoms with van der Waals surface area (Å²) < 4.78 is 18.2. The number of hydrogen-bond donors (Lipinski definition) is 0. The minimum atomic E-state index is -2.52. The van der Waals surface area contributed by atoms with Crippen molar-refractivity contribution < 1.29 is 18.4 Å². The zero-order valence-corrected chi connectivity index (χ0v) is 13.2. The van der Waals surface area contributed by atoms with Crippen LogP contribution in [0, 0.1) is 0 Å². The average Bonchev–Trinajstić information content (AvgIpc) is 2.40. The van der Waals surface area contributed by atoms with Crippen LogP contribution in [-0.2, 0) is 18.4 Å². The highest BCUT2D eigenvalue weighted by atomic mass is 28.4. The number of isocyanates is 1. The zero-order valence-electron chi connectivity index (χ0n) is 12.2. The van der Waals surface area contributed by atoms with E-state index in [2.05, 4.69) is 4.99 Å². The first-order valence-corrected chi connectivity index (χ1v) is 9.18. The number of aliphatic imine (C=N–C) groups is 1. The molecule has 1 aliphatic rings. The zero-order chi connectivity index (χ0) is 14.2. The predicted molar refractivity (Wildman–Crippen MR) is 75.0 cm³/mol. The molecule has 6 heteroatoms. The Morgan fingerprint density at radius 3 is 2.37 bits per heavy atom. The number of hydrogen-bond acceptors (Lipinski definition) is 5. The summed E-state index contributed by atoms with van der Waals surface area (Å²) in [6, 6.07) is 0.906. The van der Waals surface area contributed by atoms with E-state index in [4.69, 9.17) is 13.6 Å². The molecule has 0 amide bonds. The summed E-state index contributed by atoms with van der Waals surface area (Å²) in [5.41, 5.74) is 0. The van der Waals surface area contributed by atoms with Gasteiger partial charge in [0.1, 0.15) is 5.22 Å². The lowest BCUT2D eigenvalue weighted by Gasteiger charge is -2.48. The summed E-state index contributed by atoms with van der Waals surface area (Å²) in [5, 5.41) is -0.538. The normalized spacial score (nSPS) is 25.8. The van der Waals surface area contributed by atoms with Crippen molar-refractivity contribution in [2.24, 2.45) is 4.99 Å². The molecule has 110 valence electrons. The van der Waals surface area contributed by atoms with Gasteiger partial charge in [-0.05, 0) is 33.2 Å². The van der Waals surface area contributed by atoms with Crippen LogP contribution in [0.5, 0.6) is 0 Å². The molecular formula is C13H25NO4Si. The van der Waals surface area contributed by atoms with E-state index < -0.39 is 13.8 Å². The van der Waals surface area contributed by atoms with Crippen molar-refractivity contribution in [1.82, 2.24) is 0 Å². The lowest BCUT2D eigenvalue weighted by Crippen LogP contribution is -2.67. The van der Waals surface area contributed by atoms with Crippen LogP contribution in [0.15, 0.2) is 4.99 Å². The van der Waals surface area contributed by atoms with Gasteiger partial charge in [-0.3, -0.25) is 0 Å². The summed E-state index contributed by atoms with van der Waals surface area (Å²) in [6.07, 6.45) is 4.62. The maximum atomic E-state index is 10.5. The van der Waals surface area contributed by atoms with Gasteiger partial charge in [0.05, 0.1) is 6.54 Å². The second kappa shape index (κ2) is 7.92. The molecule has 0 aromatic rings. The first kappa shape index (κ1) is 16.5. The van der Waals surface area contributed by atoms with Crippen LogP contribution in [-0.4, -0.2) is 46.2 Å². The fourth-order valence-electron chi connectivity index (χ4n) is 2.97. The summed E-state index contributed by atoms with van der Waals surface area (Å²) >= 11 is 0. The van der Waals surface area contributed by atoms with Gasteiger partial charge in [-0.15, -0.1) is 0 Å².